The summed E-state index contributed by atoms with van der Waals surface area (Å²) in [6, 6.07) is 6.46. The van der Waals surface area contributed by atoms with Gasteiger partial charge in [-0.25, -0.2) is 4.39 Å². The number of benzene rings is 1. The summed E-state index contributed by atoms with van der Waals surface area (Å²) in [4.78, 5) is 16.9. The van der Waals surface area contributed by atoms with Gasteiger partial charge >= 0.3 is 0 Å². The highest BCUT2D eigenvalue weighted by molar-refractivity contribution is 5.96. The number of hydrogen-bond acceptors (Lipinski definition) is 3. The number of ketones is 1. The van der Waals surface area contributed by atoms with Crippen molar-refractivity contribution in [3.63, 3.8) is 0 Å². The van der Waals surface area contributed by atoms with Crippen molar-refractivity contribution in [2.45, 2.75) is 32.7 Å². The highest BCUT2D eigenvalue weighted by Crippen LogP contribution is 2.16. The third-order valence-electron chi connectivity index (χ3n) is 4.40. The van der Waals surface area contributed by atoms with E-state index in [1.807, 2.05) is 0 Å². The topological polar surface area (TPSA) is 23.6 Å². The fraction of sp³-hybridized carbons (Fsp3) is 0.588. The molecule has 0 amide bonds. The van der Waals surface area contributed by atoms with Crippen LogP contribution in [0.15, 0.2) is 24.3 Å². The molecule has 0 radical (unpaired) electrons. The Morgan fingerprint density at radius 1 is 1.29 bits per heavy atom. The van der Waals surface area contributed by atoms with Crippen LogP contribution >= 0.6 is 0 Å². The molecular formula is C17H25FN2O. The van der Waals surface area contributed by atoms with Gasteiger partial charge in [0.05, 0.1) is 0 Å². The second kappa shape index (κ2) is 7.66. The van der Waals surface area contributed by atoms with Crippen LogP contribution in [0.5, 0.6) is 0 Å². The number of carbonyl (C=O) groups is 1. The Morgan fingerprint density at radius 3 is 2.57 bits per heavy atom. The minimum Gasteiger partial charge on any atom is -0.301 e. The third kappa shape index (κ3) is 4.35. The molecule has 1 saturated heterocycles. The van der Waals surface area contributed by atoms with Crippen LogP contribution in [-0.2, 0) is 0 Å². The highest BCUT2D eigenvalue weighted by atomic mass is 19.1. The maximum absolute atomic E-state index is 12.8. The zero-order chi connectivity index (χ0) is 15.2. The molecule has 1 atom stereocenters. The second-order valence-electron chi connectivity index (χ2n) is 5.64. The van der Waals surface area contributed by atoms with Gasteiger partial charge in [-0.15, -0.1) is 0 Å². The normalized spacial score (nSPS) is 19.3. The summed E-state index contributed by atoms with van der Waals surface area (Å²) in [5, 5.41) is 0. The van der Waals surface area contributed by atoms with Gasteiger partial charge in [0.1, 0.15) is 5.82 Å². The van der Waals surface area contributed by atoms with Crippen molar-refractivity contribution in [3.05, 3.63) is 35.6 Å². The van der Waals surface area contributed by atoms with Crippen molar-refractivity contribution in [1.29, 1.82) is 0 Å². The van der Waals surface area contributed by atoms with E-state index < -0.39 is 0 Å². The van der Waals surface area contributed by atoms with Crippen LogP contribution < -0.4 is 0 Å². The van der Waals surface area contributed by atoms with Crippen molar-refractivity contribution in [1.82, 2.24) is 9.80 Å². The molecule has 21 heavy (non-hydrogen) atoms. The predicted molar refractivity (Wildman–Crippen MR) is 83.1 cm³/mol. The first kappa shape index (κ1) is 16.1. The molecular weight excluding hydrogens is 267 g/mol. The fourth-order valence-electron chi connectivity index (χ4n) is 3.09. The number of Topliss-reactive ketones (excluding diaryl/α,β-unsaturated/α-hetero) is 1. The summed E-state index contributed by atoms with van der Waals surface area (Å²) in [6.07, 6.45) is 1.70. The number of rotatable bonds is 7. The van der Waals surface area contributed by atoms with Crippen LogP contribution in [0.25, 0.3) is 0 Å². The summed E-state index contributed by atoms with van der Waals surface area (Å²) < 4.78 is 12.8. The van der Waals surface area contributed by atoms with Gasteiger partial charge in [0.2, 0.25) is 0 Å². The standard InChI is InChI=1S/C17H25FN2O/c1-3-20(4-2)16-9-11-19(13-16)12-10-17(21)14-5-7-15(18)8-6-14/h5-8,16H,3-4,9-13H2,1-2H3. The minimum atomic E-state index is -0.298. The molecule has 116 valence electrons. The molecule has 3 nitrogen and oxygen atoms in total. The SMILES string of the molecule is CCN(CC)C1CCN(CCC(=O)c2ccc(F)cc2)C1. The number of carbonyl (C=O) groups excluding carboxylic acids is 1. The van der Waals surface area contributed by atoms with Gasteiger partial charge in [0, 0.05) is 31.1 Å². The molecule has 0 spiro atoms. The first-order chi connectivity index (χ1) is 10.1. The van der Waals surface area contributed by atoms with E-state index in [9.17, 15) is 9.18 Å². The van der Waals surface area contributed by atoms with Gasteiger partial charge in [0.25, 0.3) is 0 Å². The molecule has 4 heteroatoms. The molecule has 1 heterocycles. The smallest absolute Gasteiger partial charge is 0.164 e. The van der Waals surface area contributed by atoms with Crippen LogP contribution in [-0.4, -0.2) is 54.3 Å². The largest absolute Gasteiger partial charge is 0.301 e. The lowest BCUT2D eigenvalue weighted by atomic mass is 10.1. The molecule has 0 N–H and O–H groups in total. The lowest BCUT2D eigenvalue weighted by Crippen LogP contribution is -2.37. The van der Waals surface area contributed by atoms with Crippen LogP contribution in [0, 0.1) is 5.82 Å². The molecule has 0 aromatic heterocycles. The Labute approximate surface area is 126 Å². The number of hydrogen-bond donors (Lipinski definition) is 0. The lowest BCUT2D eigenvalue weighted by molar-refractivity contribution is 0.0966. The third-order valence-corrected chi connectivity index (χ3v) is 4.40. The zero-order valence-corrected chi connectivity index (χ0v) is 13.0. The Hall–Kier alpha value is -1.26. The molecule has 0 saturated carbocycles. The monoisotopic (exact) mass is 292 g/mol. The van der Waals surface area contributed by atoms with Crippen molar-refractivity contribution in [2.75, 3.05) is 32.7 Å². The lowest BCUT2D eigenvalue weighted by Gasteiger charge is -2.26. The molecule has 1 fully saturated rings. The molecule has 1 aliphatic heterocycles. The van der Waals surface area contributed by atoms with E-state index >= 15 is 0 Å². The van der Waals surface area contributed by atoms with Gasteiger partial charge in [-0.3, -0.25) is 9.69 Å². The van der Waals surface area contributed by atoms with E-state index in [1.165, 1.54) is 18.6 Å². The van der Waals surface area contributed by atoms with Crippen LogP contribution in [0.3, 0.4) is 0 Å². The van der Waals surface area contributed by atoms with Gasteiger partial charge in [-0.05, 0) is 50.3 Å². The van der Waals surface area contributed by atoms with E-state index in [1.54, 1.807) is 12.1 Å². The summed E-state index contributed by atoms with van der Waals surface area (Å²) in [7, 11) is 0. The van der Waals surface area contributed by atoms with Crippen molar-refractivity contribution >= 4 is 5.78 Å². The van der Waals surface area contributed by atoms with E-state index in [4.69, 9.17) is 0 Å². The predicted octanol–water partition coefficient (Wildman–Crippen LogP) is 2.81. The van der Waals surface area contributed by atoms with Crippen LogP contribution in [0.2, 0.25) is 0 Å². The molecule has 0 bridgehead atoms. The molecule has 1 aromatic carbocycles. The maximum Gasteiger partial charge on any atom is 0.164 e. The zero-order valence-electron chi connectivity index (χ0n) is 13.0. The number of likely N-dealkylation sites (N-methyl/N-ethyl adjacent to an activating group) is 1. The Kier molecular flexibility index (Phi) is 5.88. The fourth-order valence-corrected chi connectivity index (χ4v) is 3.09. The number of nitrogens with zero attached hydrogens (tertiary/aromatic N) is 2. The Bertz CT molecular complexity index is 456. The van der Waals surface area contributed by atoms with Crippen LogP contribution in [0.4, 0.5) is 4.39 Å². The van der Waals surface area contributed by atoms with Crippen LogP contribution in [0.1, 0.15) is 37.0 Å². The van der Waals surface area contributed by atoms with Crippen molar-refractivity contribution in [3.8, 4) is 0 Å². The molecule has 0 aliphatic carbocycles. The quantitative estimate of drug-likeness (QED) is 0.722. The summed E-state index contributed by atoms with van der Waals surface area (Å²) in [5.74, 6) is -0.200. The van der Waals surface area contributed by atoms with Crippen molar-refractivity contribution in [2.24, 2.45) is 0 Å². The maximum atomic E-state index is 12.8. The van der Waals surface area contributed by atoms with Gasteiger partial charge in [0.15, 0.2) is 5.78 Å². The summed E-state index contributed by atoms with van der Waals surface area (Å²) in [6.45, 7) is 9.49. The van der Waals surface area contributed by atoms with E-state index in [0.29, 0.717) is 18.0 Å². The molecule has 1 aliphatic rings. The Balaban J connectivity index is 1.79. The number of likely N-dealkylation sites (tertiary alicyclic amines) is 1. The summed E-state index contributed by atoms with van der Waals surface area (Å²) >= 11 is 0. The van der Waals surface area contributed by atoms with E-state index in [-0.39, 0.29) is 11.6 Å². The second-order valence-corrected chi connectivity index (χ2v) is 5.64. The minimum absolute atomic E-state index is 0.0984. The number of halogens is 1. The van der Waals surface area contributed by atoms with E-state index in [0.717, 1.165) is 32.7 Å². The average molecular weight is 292 g/mol. The van der Waals surface area contributed by atoms with Gasteiger partial charge in [-0.2, -0.15) is 0 Å². The van der Waals surface area contributed by atoms with E-state index in [2.05, 4.69) is 23.6 Å². The first-order valence-corrected chi connectivity index (χ1v) is 7.89. The van der Waals surface area contributed by atoms with Crippen molar-refractivity contribution < 1.29 is 9.18 Å². The van der Waals surface area contributed by atoms with Gasteiger partial charge < -0.3 is 4.90 Å². The Morgan fingerprint density at radius 2 is 1.95 bits per heavy atom. The summed E-state index contributed by atoms with van der Waals surface area (Å²) in [5.41, 5.74) is 0.607. The molecule has 1 unspecified atom stereocenters. The molecule has 2 rings (SSSR count). The highest BCUT2D eigenvalue weighted by Gasteiger charge is 2.26. The average Bonchev–Trinajstić information content (AvgIpc) is 2.96. The molecule has 1 aromatic rings. The first-order valence-electron chi connectivity index (χ1n) is 7.89. The van der Waals surface area contributed by atoms with Gasteiger partial charge in [-0.1, -0.05) is 13.8 Å².